The molecule has 2 amide bonds. The third kappa shape index (κ3) is 4.11. The second kappa shape index (κ2) is 8.14. The van der Waals surface area contributed by atoms with Crippen molar-refractivity contribution >= 4 is 35.1 Å². The van der Waals surface area contributed by atoms with E-state index in [1.165, 1.54) is 7.05 Å². The number of amides is 2. The van der Waals surface area contributed by atoms with Crippen LogP contribution in [0.2, 0.25) is 5.02 Å². The van der Waals surface area contributed by atoms with Crippen LogP contribution in [0.25, 0.3) is 0 Å². The number of halogens is 1. The molecule has 1 aromatic heterocycles. The number of carbonyl (C=O) groups is 2. The second-order valence-electron chi connectivity index (χ2n) is 6.07. The molecule has 2 aromatic rings. The molecule has 2 heterocycles. The van der Waals surface area contributed by atoms with Gasteiger partial charge in [0.2, 0.25) is 11.9 Å². The van der Waals surface area contributed by atoms with Gasteiger partial charge in [-0.2, -0.15) is 0 Å². The van der Waals surface area contributed by atoms with Gasteiger partial charge in [0.1, 0.15) is 0 Å². The molecule has 136 valence electrons. The van der Waals surface area contributed by atoms with E-state index >= 15 is 0 Å². The number of nitrogens with zero attached hydrogens (tertiary/aromatic N) is 3. The molecule has 1 aliphatic heterocycles. The molecule has 1 aromatic carbocycles. The fourth-order valence-electron chi connectivity index (χ4n) is 2.95. The quantitative estimate of drug-likeness (QED) is 0.859. The van der Waals surface area contributed by atoms with Gasteiger partial charge < -0.3 is 15.5 Å². The number of hydrogen-bond donors (Lipinski definition) is 2. The molecule has 26 heavy (non-hydrogen) atoms. The van der Waals surface area contributed by atoms with Crippen LogP contribution in [0, 0.1) is 5.92 Å². The Morgan fingerprint density at radius 2 is 1.88 bits per heavy atom. The normalized spacial score (nSPS) is 14.8. The average molecular weight is 374 g/mol. The highest BCUT2D eigenvalue weighted by Crippen LogP contribution is 2.24. The Balaban J connectivity index is 1.60. The number of anilines is 2. The monoisotopic (exact) mass is 373 g/mol. The van der Waals surface area contributed by atoms with Crippen LogP contribution >= 0.6 is 11.6 Å². The van der Waals surface area contributed by atoms with E-state index in [-0.39, 0.29) is 17.7 Å². The Labute approximate surface area is 156 Å². The third-order valence-electron chi connectivity index (χ3n) is 4.41. The van der Waals surface area contributed by atoms with Crippen molar-refractivity contribution in [1.29, 1.82) is 0 Å². The number of carbonyl (C=O) groups excluding carboxylic acids is 2. The van der Waals surface area contributed by atoms with Gasteiger partial charge >= 0.3 is 0 Å². The lowest BCUT2D eigenvalue weighted by atomic mass is 9.96. The summed E-state index contributed by atoms with van der Waals surface area (Å²) in [6.07, 6.45) is 4.87. The zero-order chi connectivity index (χ0) is 18.5. The SMILES string of the molecule is CNC(=O)c1cc(NC(=O)C2CCN(c3ncccn3)CC2)ccc1Cl. The van der Waals surface area contributed by atoms with E-state index in [2.05, 4.69) is 25.5 Å². The summed E-state index contributed by atoms with van der Waals surface area (Å²) in [5, 5.41) is 5.76. The number of piperidine rings is 1. The van der Waals surface area contributed by atoms with Gasteiger partial charge in [-0.3, -0.25) is 9.59 Å². The van der Waals surface area contributed by atoms with E-state index in [0.717, 1.165) is 25.9 Å². The van der Waals surface area contributed by atoms with E-state index in [4.69, 9.17) is 11.6 Å². The van der Waals surface area contributed by atoms with Gasteiger partial charge in [0.15, 0.2) is 0 Å². The Morgan fingerprint density at radius 1 is 1.19 bits per heavy atom. The van der Waals surface area contributed by atoms with E-state index in [1.54, 1.807) is 36.7 Å². The molecular weight excluding hydrogens is 354 g/mol. The van der Waals surface area contributed by atoms with E-state index in [9.17, 15) is 9.59 Å². The first kappa shape index (κ1) is 18.1. The smallest absolute Gasteiger partial charge is 0.252 e. The van der Waals surface area contributed by atoms with Crippen molar-refractivity contribution in [2.45, 2.75) is 12.8 Å². The molecule has 0 bridgehead atoms. The maximum Gasteiger partial charge on any atom is 0.252 e. The summed E-state index contributed by atoms with van der Waals surface area (Å²) in [4.78, 5) is 34.9. The third-order valence-corrected chi connectivity index (χ3v) is 4.74. The predicted octanol–water partition coefficient (Wildman–Crippen LogP) is 2.34. The number of aromatic nitrogens is 2. The molecule has 1 aliphatic rings. The second-order valence-corrected chi connectivity index (χ2v) is 6.48. The lowest BCUT2D eigenvalue weighted by molar-refractivity contribution is -0.120. The summed E-state index contributed by atoms with van der Waals surface area (Å²) in [5.74, 6) is 0.263. The van der Waals surface area contributed by atoms with Crippen molar-refractivity contribution in [3.05, 3.63) is 47.2 Å². The Hall–Kier alpha value is -2.67. The van der Waals surface area contributed by atoms with Crippen LogP contribution in [0.3, 0.4) is 0 Å². The van der Waals surface area contributed by atoms with Crippen LogP contribution in [0.5, 0.6) is 0 Å². The summed E-state index contributed by atoms with van der Waals surface area (Å²) in [6.45, 7) is 1.46. The zero-order valence-electron chi connectivity index (χ0n) is 14.4. The molecule has 8 heteroatoms. The van der Waals surface area contributed by atoms with Crippen molar-refractivity contribution in [2.75, 3.05) is 30.4 Å². The summed E-state index contributed by atoms with van der Waals surface area (Å²) in [7, 11) is 1.54. The molecule has 1 fully saturated rings. The largest absolute Gasteiger partial charge is 0.355 e. The van der Waals surface area contributed by atoms with Gasteiger partial charge in [0.05, 0.1) is 10.6 Å². The van der Waals surface area contributed by atoms with Gasteiger partial charge in [0, 0.05) is 44.1 Å². The first-order valence-electron chi connectivity index (χ1n) is 8.43. The minimum absolute atomic E-state index is 0.0520. The Kier molecular flexibility index (Phi) is 5.68. The van der Waals surface area contributed by atoms with Crippen molar-refractivity contribution < 1.29 is 9.59 Å². The predicted molar refractivity (Wildman–Crippen MR) is 100 cm³/mol. The van der Waals surface area contributed by atoms with Crippen LogP contribution in [-0.4, -0.2) is 41.9 Å². The molecule has 0 radical (unpaired) electrons. The number of rotatable bonds is 4. The molecule has 0 saturated carbocycles. The van der Waals surface area contributed by atoms with Gasteiger partial charge in [0.25, 0.3) is 5.91 Å². The summed E-state index contributed by atoms with van der Waals surface area (Å²) in [6, 6.07) is 6.67. The molecular formula is C18H20ClN5O2. The summed E-state index contributed by atoms with van der Waals surface area (Å²) < 4.78 is 0. The lowest BCUT2D eigenvalue weighted by Crippen LogP contribution is -2.39. The van der Waals surface area contributed by atoms with Gasteiger partial charge in [-0.15, -0.1) is 0 Å². The fourth-order valence-corrected chi connectivity index (χ4v) is 3.16. The molecule has 3 rings (SSSR count). The minimum atomic E-state index is -0.290. The van der Waals surface area contributed by atoms with E-state index < -0.39 is 0 Å². The van der Waals surface area contributed by atoms with Gasteiger partial charge in [-0.05, 0) is 37.1 Å². The molecule has 1 saturated heterocycles. The van der Waals surface area contributed by atoms with Gasteiger partial charge in [-0.25, -0.2) is 9.97 Å². The van der Waals surface area contributed by atoms with Crippen molar-refractivity contribution in [3.8, 4) is 0 Å². The van der Waals surface area contributed by atoms with Gasteiger partial charge in [-0.1, -0.05) is 11.6 Å². The highest BCUT2D eigenvalue weighted by molar-refractivity contribution is 6.34. The molecule has 0 atom stereocenters. The number of nitrogens with one attached hydrogen (secondary N) is 2. The zero-order valence-corrected chi connectivity index (χ0v) is 15.2. The first-order chi connectivity index (χ1) is 12.6. The maximum absolute atomic E-state index is 12.6. The topological polar surface area (TPSA) is 87.2 Å². The number of benzene rings is 1. The highest BCUT2D eigenvalue weighted by Gasteiger charge is 2.26. The van der Waals surface area contributed by atoms with Crippen molar-refractivity contribution in [2.24, 2.45) is 5.92 Å². The van der Waals surface area contributed by atoms with Crippen LogP contribution in [0.15, 0.2) is 36.7 Å². The highest BCUT2D eigenvalue weighted by atomic mass is 35.5. The summed E-state index contributed by atoms with van der Waals surface area (Å²) >= 11 is 6.04. The number of hydrogen-bond acceptors (Lipinski definition) is 5. The van der Waals surface area contributed by atoms with Crippen LogP contribution in [0.1, 0.15) is 23.2 Å². The Bertz CT molecular complexity index is 791. The van der Waals surface area contributed by atoms with E-state index in [1.807, 2.05) is 0 Å². The molecule has 0 aliphatic carbocycles. The van der Waals surface area contributed by atoms with Crippen LogP contribution < -0.4 is 15.5 Å². The van der Waals surface area contributed by atoms with Crippen LogP contribution in [0.4, 0.5) is 11.6 Å². The van der Waals surface area contributed by atoms with Crippen molar-refractivity contribution in [3.63, 3.8) is 0 Å². The van der Waals surface area contributed by atoms with Crippen LogP contribution in [-0.2, 0) is 4.79 Å². The standard InChI is InChI=1S/C18H20ClN5O2/c1-20-17(26)14-11-13(3-4-15(14)19)23-16(25)12-5-9-24(10-6-12)18-21-7-2-8-22-18/h2-4,7-8,11-12H,5-6,9-10H2,1H3,(H,20,26)(H,23,25). The van der Waals surface area contributed by atoms with Crippen molar-refractivity contribution in [1.82, 2.24) is 15.3 Å². The fraction of sp³-hybridized carbons (Fsp3) is 0.333. The lowest BCUT2D eigenvalue weighted by Gasteiger charge is -2.31. The first-order valence-corrected chi connectivity index (χ1v) is 8.80. The molecule has 7 nitrogen and oxygen atoms in total. The Morgan fingerprint density at radius 3 is 2.54 bits per heavy atom. The van der Waals surface area contributed by atoms with E-state index in [0.29, 0.717) is 22.2 Å². The summed E-state index contributed by atoms with van der Waals surface area (Å²) in [5.41, 5.74) is 0.898. The maximum atomic E-state index is 12.6. The molecule has 0 unspecified atom stereocenters. The molecule has 2 N–H and O–H groups in total. The molecule has 0 spiro atoms. The average Bonchev–Trinajstić information content (AvgIpc) is 2.69. The minimum Gasteiger partial charge on any atom is -0.355 e.